The van der Waals surface area contributed by atoms with E-state index in [4.69, 9.17) is 5.21 Å². The predicted molar refractivity (Wildman–Crippen MR) is 29.5 cm³/mol. The first kappa shape index (κ1) is 5.11. The molecule has 0 amide bonds. The Morgan fingerprint density at radius 2 is 2.75 bits per heavy atom. The Bertz CT molecular complexity index is 129. The molecule has 0 radical (unpaired) electrons. The van der Waals surface area contributed by atoms with Gasteiger partial charge in [-0.1, -0.05) is 0 Å². The minimum Gasteiger partial charge on any atom is -0.382 e. The third-order valence-electron chi connectivity index (χ3n) is 0.821. The number of nitrogens with zero attached hydrogens (tertiary/aromatic N) is 1. The number of aliphatic imine (C=N–C) groups is 1. The maximum Gasteiger partial charge on any atom is 0.144 e. The number of nitrogens with one attached hydrogen (secondary N) is 2. The number of hydroxylamine groups is 1. The van der Waals surface area contributed by atoms with Crippen molar-refractivity contribution in [2.75, 3.05) is 6.54 Å². The molecule has 0 fully saturated rings. The first-order chi connectivity index (χ1) is 3.93. The molecule has 0 aromatic rings. The summed E-state index contributed by atoms with van der Waals surface area (Å²) >= 11 is 0. The minimum atomic E-state index is 0.535. The van der Waals surface area contributed by atoms with Gasteiger partial charge in [0.2, 0.25) is 0 Å². The van der Waals surface area contributed by atoms with Gasteiger partial charge in [-0.2, -0.15) is 0 Å². The van der Waals surface area contributed by atoms with Crippen molar-refractivity contribution >= 4 is 5.84 Å². The monoisotopic (exact) mass is 113 g/mol. The standard InChI is InChI=1S/C4H7N3O/c8-7-4-3-5-1-2-6-4/h1-2,5,8H,3H2,(H,6,7). The van der Waals surface area contributed by atoms with Gasteiger partial charge in [-0.05, 0) is 0 Å². The molecule has 0 saturated heterocycles. The topological polar surface area (TPSA) is 56.6 Å². The van der Waals surface area contributed by atoms with Gasteiger partial charge in [-0.25, -0.2) is 4.99 Å². The second-order valence-electron chi connectivity index (χ2n) is 1.38. The molecule has 0 aromatic carbocycles. The summed E-state index contributed by atoms with van der Waals surface area (Å²) in [5, 5.41) is 11.1. The lowest BCUT2D eigenvalue weighted by atomic mass is 10.5. The zero-order chi connectivity index (χ0) is 5.82. The summed E-state index contributed by atoms with van der Waals surface area (Å²) in [6.07, 6.45) is 3.28. The first-order valence-corrected chi connectivity index (χ1v) is 2.28. The fraction of sp³-hybridized carbons (Fsp3) is 0.250. The van der Waals surface area contributed by atoms with Gasteiger partial charge in [-0.3, -0.25) is 10.7 Å². The predicted octanol–water partition coefficient (Wildman–Crippen LogP) is -0.562. The van der Waals surface area contributed by atoms with Gasteiger partial charge < -0.3 is 5.32 Å². The molecule has 44 valence electrons. The van der Waals surface area contributed by atoms with Crippen LogP contribution in [0, 0.1) is 0 Å². The fourth-order valence-corrected chi connectivity index (χ4v) is 0.450. The Morgan fingerprint density at radius 1 is 1.88 bits per heavy atom. The molecule has 4 nitrogen and oxygen atoms in total. The van der Waals surface area contributed by atoms with Crippen LogP contribution in [-0.4, -0.2) is 17.6 Å². The quantitative estimate of drug-likeness (QED) is 0.369. The molecule has 1 rings (SSSR count). The summed E-state index contributed by atoms with van der Waals surface area (Å²) in [6.45, 7) is 0.562. The van der Waals surface area contributed by atoms with Crippen molar-refractivity contribution in [2.24, 2.45) is 4.99 Å². The van der Waals surface area contributed by atoms with E-state index >= 15 is 0 Å². The Hall–Kier alpha value is -1.03. The highest BCUT2D eigenvalue weighted by Crippen LogP contribution is 1.80. The van der Waals surface area contributed by atoms with Crippen LogP contribution in [0.5, 0.6) is 0 Å². The summed E-state index contributed by atoms with van der Waals surface area (Å²) in [5.74, 6) is 0.535. The second kappa shape index (κ2) is 2.32. The summed E-state index contributed by atoms with van der Waals surface area (Å²) in [4.78, 5) is 3.76. The van der Waals surface area contributed by atoms with Crippen molar-refractivity contribution in [3.05, 3.63) is 12.4 Å². The Morgan fingerprint density at radius 3 is 3.12 bits per heavy atom. The molecular formula is C4H7N3O. The van der Waals surface area contributed by atoms with Gasteiger partial charge in [0.05, 0.1) is 6.54 Å². The zero-order valence-corrected chi connectivity index (χ0v) is 4.26. The lowest BCUT2D eigenvalue weighted by Crippen LogP contribution is -2.31. The smallest absolute Gasteiger partial charge is 0.144 e. The van der Waals surface area contributed by atoms with Crippen LogP contribution in [-0.2, 0) is 0 Å². The normalized spacial score (nSPS) is 16.9. The van der Waals surface area contributed by atoms with Crippen LogP contribution in [0.4, 0.5) is 0 Å². The largest absolute Gasteiger partial charge is 0.382 e. The van der Waals surface area contributed by atoms with Crippen molar-refractivity contribution in [3.63, 3.8) is 0 Å². The van der Waals surface area contributed by atoms with Gasteiger partial charge in [0.15, 0.2) is 0 Å². The highest BCUT2D eigenvalue weighted by Gasteiger charge is 1.94. The van der Waals surface area contributed by atoms with Gasteiger partial charge in [0, 0.05) is 12.4 Å². The molecule has 1 aliphatic heterocycles. The van der Waals surface area contributed by atoms with Crippen LogP contribution < -0.4 is 10.8 Å². The zero-order valence-electron chi connectivity index (χ0n) is 4.26. The molecule has 0 saturated carbocycles. The number of hydrogen-bond donors (Lipinski definition) is 3. The molecule has 3 N–H and O–H groups in total. The third kappa shape index (κ3) is 0.974. The van der Waals surface area contributed by atoms with Crippen LogP contribution in [0.3, 0.4) is 0 Å². The first-order valence-electron chi connectivity index (χ1n) is 2.28. The van der Waals surface area contributed by atoms with Crippen LogP contribution in [0.2, 0.25) is 0 Å². The van der Waals surface area contributed by atoms with E-state index < -0.39 is 0 Å². The third-order valence-corrected chi connectivity index (χ3v) is 0.821. The Kier molecular flexibility index (Phi) is 1.48. The van der Waals surface area contributed by atoms with Crippen LogP contribution >= 0.6 is 0 Å². The molecule has 1 heterocycles. The number of amidine groups is 1. The number of hydrogen-bond acceptors (Lipinski definition) is 4. The van der Waals surface area contributed by atoms with E-state index in [2.05, 4.69) is 10.3 Å². The van der Waals surface area contributed by atoms with Crippen molar-refractivity contribution < 1.29 is 5.21 Å². The average molecular weight is 113 g/mol. The summed E-state index contributed by atoms with van der Waals surface area (Å²) < 4.78 is 0. The van der Waals surface area contributed by atoms with Crippen molar-refractivity contribution in [2.45, 2.75) is 0 Å². The second-order valence-corrected chi connectivity index (χ2v) is 1.38. The molecule has 0 bridgehead atoms. The van der Waals surface area contributed by atoms with Crippen molar-refractivity contribution in [1.29, 1.82) is 0 Å². The lowest BCUT2D eigenvalue weighted by molar-refractivity contribution is 0.232. The molecule has 4 heteroatoms. The van der Waals surface area contributed by atoms with Gasteiger partial charge in [0.1, 0.15) is 5.84 Å². The molecule has 0 aliphatic carbocycles. The van der Waals surface area contributed by atoms with E-state index in [-0.39, 0.29) is 0 Å². The summed E-state index contributed by atoms with van der Waals surface area (Å²) in [7, 11) is 0. The van der Waals surface area contributed by atoms with E-state index in [0.717, 1.165) is 0 Å². The minimum absolute atomic E-state index is 0.535. The molecule has 0 atom stereocenters. The highest BCUT2D eigenvalue weighted by molar-refractivity contribution is 5.84. The van der Waals surface area contributed by atoms with E-state index in [1.807, 2.05) is 5.48 Å². The average Bonchev–Trinajstić information content (AvgIpc) is 1.90. The van der Waals surface area contributed by atoms with E-state index in [1.54, 1.807) is 12.4 Å². The fourth-order valence-electron chi connectivity index (χ4n) is 0.450. The van der Waals surface area contributed by atoms with E-state index in [1.165, 1.54) is 0 Å². The van der Waals surface area contributed by atoms with Crippen LogP contribution in [0.15, 0.2) is 17.4 Å². The molecular weight excluding hydrogens is 106 g/mol. The lowest BCUT2D eigenvalue weighted by Gasteiger charge is -2.05. The highest BCUT2D eigenvalue weighted by atomic mass is 16.5. The molecule has 0 aromatic heterocycles. The maximum atomic E-state index is 8.24. The van der Waals surface area contributed by atoms with E-state index in [9.17, 15) is 0 Å². The number of rotatable bonds is 0. The Balaban J connectivity index is 2.50. The van der Waals surface area contributed by atoms with Crippen molar-refractivity contribution in [1.82, 2.24) is 10.8 Å². The Labute approximate surface area is 46.9 Å². The van der Waals surface area contributed by atoms with Gasteiger partial charge in [0.25, 0.3) is 0 Å². The maximum absolute atomic E-state index is 8.24. The van der Waals surface area contributed by atoms with E-state index in [0.29, 0.717) is 12.4 Å². The van der Waals surface area contributed by atoms with Crippen molar-refractivity contribution in [3.8, 4) is 0 Å². The molecule has 0 spiro atoms. The SMILES string of the molecule is ONC1=NC=CNC1. The van der Waals surface area contributed by atoms with Crippen LogP contribution in [0.25, 0.3) is 0 Å². The molecule has 1 aliphatic rings. The van der Waals surface area contributed by atoms with Gasteiger partial charge in [-0.15, -0.1) is 0 Å². The summed E-state index contributed by atoms with van der Waals surface area (Å²) in [5.41, 5.74) is 1.94. The molecule has 8 heavy (non-hydrogen) atoms. The summed E-state index contributed by atoms with van der Waals surface area (Å²) in [6, 6.07) is 0. The van der Waals surface area contributed by atoms with Gasteiger partial charge >= 0.3 is 0 Å². The van der Waals surface area contributed by atoms with Crippen LogP contribution in [0.1, 0.15) is 0 Å². The molecule has 0 unspecified atom stereocenters.